The van der Waals surface area contributed by atoms with Gasteiger partial charge in [-0.2, -0.15) is 16.8 Å². The van der Waals surface area contributed by atoms with E-state index in [4.69, 9.17) is 0 Å². The lowest BCUT2D eigenvalue weighted by atomic mass is 10.1. The maximum absolute atomic E-state index is 12.0. The summed E-state index contributed by atoms with van der Waals surface area (Å²) in [7, 11) is -9.05. The minimum atomic E-state index is -4.60. The molecule has 0 saturated heterocycles. The van der Waals surface area contributed by atoms with Crippen LogP contribution in [0.25, 0.3) is 21.5 Å². The summed E-state index contributed by atoms with van der Waals surface area (Å²) in [5, 5.41) is 9.62. The van der Waals surface area contributed by atoms with Crippen LogP contribution < -0.4 is 0 Å². The third-order valence-electron chi connectivity index (χ3n) is 4.52. The Morgan fingerprint density at radius 1 is 0.567 bits per heavy atom. The molecule has 0 aliphatic rings. The quantitative estimate of drug-likeness (QED) is 0.341. The van der Waals surface area contributed by atoms with Gasteiger partial charge in [-0.3, -0.25) is 9.11 Å². The summed E-state index contributed by atoms with van der Waals surface area (Å²) in [6, 6.07) is 18.6. The van der Waals surface area contributed by atoms with Gasteiger partial charge in [0.2, 0.25) is 0 Å². The summed E-state index contributed by atoms with van der Waals surface area (Å²) in [6.45, 7) is 0. The first kappa shape index (κ1) is 20.1. The molecule has 0 aliphatic carbocycles. The highest BCUT2D eigenvalue weighted by atomic mass is 32.2. The fourth-order valence-corrected chi connectivity index (χ4v) is 4.79. The third kappa shape index (κ3) is 3.68. The molecule has 0 amide bonds. The Bertz CT molecular complexity index is 1540. The second-order valence-electron chi connectivity index (χ2n) is 6.41. The van der Waals surface area contributed by atoms with Crippen molar-refractivity contribution in [3.8, 4) is 0 Å². The molecule has 0 bridgehead atoms. The van der Waals surface area contributed by atoms with Crippen molar-refractivity contribution in [3.05, 3.63) is 72.8 Å². The number of azo groups is 1. The van der Waals surface area contributed by atoms with Crippen LogP contribution in [0, 0.1) is 0 Å². The van der Waals surface area contributed by atoms with Gasteiger partial charge in [0.1, 0.15) is 15.5 Å². The van der Waals surface area contributed by atoms with Crippen LogP contribution in [-0.4, -0.2) is 25.9 Å². The van der Waals surface area contributed by atoms with E-state index in [-0.39, 0.29) is 26.6 Å². The largest absolute Gasteiger partial charge is 0.297 e. The van der Waals surface area contributed by atoms with Crippen molar-refractivity contribution >= 4 is 53.2 Å². The molecule has 0 aromatic heterocycles. The minimum absolute atomic E-state index is 0.0702. The van der Waals surface area contributed by atoms with Gasteiger partial charge in [0.15, 0.2) is 0 Å². The number of benzene rings is 4. The highest BCUT2D eigenvalue weighted by Gasteiger charge is 2.20. The van der Waals surface area contributed by atoms with Crippen LogP contribution in [0.1, 0.15) is 0 Å². The van der Waals surface area contributed by atoms with Crippen LogP contribution in [-0.2, 0) is 20.2 Å². The molecular formula is C20H14N2O6S2. The predicted molar refractivity (Wildman–Crippen MR) is 112 cm³/mol. The van der Waals surface area contributed by atoms with Gasteiger partial charge in [0.05, 0.1) is 5.69 Å². The molecule has 0 aliphatic heterocycles. The molecule has 2 N–H and O–H groups in total. The predicted octanol–water partition coefficient (Wildman–Crippen LogP) is 4.90. The molecule has 30 heavy (non-hydrogen) atoms. The second-order valence-corrected chi connectivity index (χ2v) is 9.16. The standard InChI is InChI=1S/C20H14N2O6S2/c23-29(24,25)19-12-11-17(15-7-3-4-8-16(15)19)21-22-18-10-9-13-5-1-2-6-14(13)20(18)30(26,27)28/h1-12H,(H,23,24,25)(H,26,27,28). The molecule has 4 aromatic rings. The zero-order valence-corrected chi connectivity index (χ0v) is 16.8. The van der Waals surface area contributed by atoms with Crippen LogP contribution in [0.5, 0.6) is 0 Å². The van der Waals surface area contributed by atoms with Crippen molar-refractivity contribution in [2.45, 2.75) is 9.79 Å². The van der Waals surface area contributed by atoms with Gasteiger partial charge in [-0.05, 0) is 23.6 Å². The summed E-state index contributed by atoms with van der Waals surface area (Å²) < 4.78 is 66.4. The lowest BCUT2D eigenvalue weighted by Crippen LogP contribution is -1.99. The van der Waals surface area contributed by atoms with Crippen molar-refractivity contribution in [1.29, 1.82) is 0 Å². The van der Waals surface area contributed by atoms with E-state index in [1.54, 1.807) is 48.5 Å². The first-order valence-corrected chi connectivity index (χ1v) is 11.4. The van der Waals surface area contributed by atoms with Crippen LogP contribution in [0.15, 0.2) is 92.8 Å². The molecule has 8 nitrogen and oxygen atoms in total. The molecule has 0 saturated carbocycles. The van der Waals surface area contributed by atoms with E-state index in [9.17, 15) is 25.9 Å². The summed E-state index contributed by atoms with van der Waals surface area (Å²) in [6.07, 6.45) is 0. The molecule has 0 unspecified atom stereocenters. The first-order chi connectivity index (χ1) is 14.2. The Morgan fingerprint density at radius 2 is 1.13 bits per heavy atom. The van der Waals surface area contributed by atoms with Crippen molar-refractivity contribution in [3.63, 3.8) is 0 Å². The maximum atomic E-state index is 12.0. The van der Waals surface area contributed by atoms with E-state index in [1.165, 1.54) is 24.3 Å². The van der Waals surface area contributed by atoms with Crippen molar-refractivity contribution in [2.75, 3.05) is 0 Å². The topological polar surface area (TPSA) is 133 Å². The molecule has 4 aromatic carbocycles. The van der Waals surface area contributed by atoms with Gasteiger partial charge in [-0.15, -0.1) is 10.2 Å². The average Bonchev–Trinajstić information content (AvgIpc) is 2.69. The molecule has 0 fully saturated rings. The Balaban J connectivity index is 1.92. The van der Waals surface area contributed by atoms with Crippen molar-refractivity contribution in [1.82, 2.24) is 0 Å². The smallest absolute Gasteiger partial charge is 0.282 e. The maximum Gasteiger partial charge on any atom is 0.297 e. The second kappa shape index (κ2) is 7.26. The summed E-state index contributed by atoms with van der Waals surface area (Å²) >= 11 is 0. The van der Waals surface area contributed by atoms with Crippen molar-refractivity contribution in [2.24, 2.45) is 10.2 Å². The lowest BCUT2D eigenvalue weighted by Gasteiger charge is -2.08. The summed E-state index contributed by atoms with van der Waals surface area (Å²) in [4.78, 5) is -0.649. The number of fused-ring (bicyclic) bond motifs is 2. The van der Waals surface area contributed by atoms with Gasteiger partial charge in [-0.25, -0.2) is 0 Å². The molecule has 0 heterocycles. The van der Waals surface area contributed by atoms with Gasteiger partial charge < -0.3 is 0 Å². The van der Waals surface area contributed by atoms with Gasteiger partial charge in [0, 0.05) is 16.2 Å². The van der Waals surface area contributed by atoms with E-state index in [1.807, 2.05) is 0 Å². The SMILES string of the molecule is O=S(=O)(O)c1c(N=Nc2ccc(S(=O)(=O)O)c3ccccc23)ccc2ccccc12. The third-order valence-corrected chi connectivity index (χ3v) is 6.38. The van der Waals surface area contributed by atoms with Crippen LogP contribution >= 0.6 is 0 Å². The highest BCUT2D eigenvalue weighted by molar-refractivity contribution is 7.86. The summed E-state index contributed by atoms with van der Waals surface area (Å²) in [5.41, 5.74) is 0.187. The number of hydrogen-bond acceptors (Lipinski definition) is 6. The molecule has 10 heteroatoms. The Morgan fingerprint density at radius 3 is 1.80 bits per heavy atom. The van der Waals surface area contributed by atoms with E-state index >= 15 is 0 Å². The normalized spacial score (nSPS) is 12.7. The van der Waals surface area contributed by atoms with Crippen molar-refractivity contribution < 1.29 is 25.9 Å². The molecule has 152 valence electrons. The van der Waals surface area contributed by atoms with E-state index < -0.39 is 20.2 Å². The Hall–Kier alpha value is -3.18. The fourth-order valence-electron chi connectivity index (χ4n) is 3.26. The van der Waals surface area contributed by atoms with Gasteiger partial charge in [0.25, 0.3) is 20.2 Å². The van der Waals surface area contributed by atoms with Gasteiger partial charge in [-0.1, -0.05) is 54.6 Å². The zero-order valence-electron chi connectivity index (χ0n) is 15.2. The molecule has 0 radical (unpaired) electrons. The highest BCUT2D eigenvalue weighted by Crippen LogP contribution is 2.36. The first-order valence-electron chi connectivity index (χ1n) is 8.56. The summed E-state index contributed by atoms with van der Waals surface area (Å²) in [5.74, 6) is 0. The van der Waals surface area contributed by atoms with E-state index in [0.717, 1.165) is 0 Å². The fraction of sp³-hybridized carbons (Fsp3) is 0. The number of nitrogens with zero attached hydrogens (tertiary/aromatic N) is 2. The van der Waals surface area contributed by atoms with Gasteiger partial charge >= 0.3 is 0 Å². The monoisotopic (exact) mass is 442 g/mol. The Kier molecular flexibility index (Phi) is 4.86. The van der Waals surface area contributed by atoms with Crippen LogP contribution in [0.4, 0.5) is 11.4 Å². The van der Waals surface area contributed by atoms with Crippen LogP contribution in [0.2, 0.25) is 0 Å². The lowest BCUT2D eigenvalue weighted by molar-refractivity contribution is 0.482. The number of rotatable bonds is 4. The molecule has 0 atom stereocenters. The molecule has 4 rings (SSSR count). The number of hydrogen-bond donors (Lipinski definition) is 2. The average molecular weight is 442 g/mol. The van der Waals surface area contributed by atoms with Crippen LogP contribution in [0.3, 0.4) is 0 Å². The minimum Gasteiger partial charge on any atom is -0.282 e. The molecular weight excluding hydrogens is 428 g/mol. The van der Waals surface area contributed by atoms with E-state index in [0.29, 0.717) is 16.2 Å². The zero-order chi connectivity index (χ0) is 21.5. The molecule has 0 spiro atoms. The Labute approximate surface area is 172 Å². The van der Waals surface area contributed by atoms with E-state index in [2.05, 4.69) is 10.2 Å².